The molecule has 9 heteroatoms. The van der Waals surface area contributed by atoms with Crippen molar-refractivity contribution in [2.45, 2.75) is 25.3 Å². The molecular formula is C21H24ClN5O2S. The number of fused-ring (bicyclic) bond motifs is 1. The fourth-order valence-electron chi connectivity index (χ4n) is 3.31. The van der Waals surface area contributed by atoms with Crippen molar-refractivity contribution in [2.24, 2.45) is 0 Å². The summed E-state index contributed by atoms with van der Waals surface area (Å²) in [5.74, 6) is 0.775. The predicted molar refractivity (Wildman–Crippen MR) is 122 cm³/mol. The molecule has 3 aromatic rings. The van der Waals surface area contributed by atoms with E-state index in [9.17, 15) is 4.79 Å². The fourth-order valence-corrected chi connectivity index (χ4v) is 4.27. The van der Waals surface area contributed by atoms with E-state index in [1.165, 1.54) is 11.3 Å². The van der Waals surface area contributed by atoms with Gasteiger partial charge in [0.25, 0.3) is 0 Å². The quantitative estimate of drug-likeness (QED) is 0.384. The average molecular weight is 446 g/mol. The van der Waals surface area contributed by atoms with Crippen LogP contribution in [0.1, 0.15) is 19.3 Å². The largest absolute Gasteiger partial charge is 0.396 e. The molecule has 0 aliphatic carbocycles. The number of unbranched alkanes of at least 4 members (excludes halogenated alkanes) is 2. The topological polar surface area (TPSA) is 81.4 Å². The van der Waals surface area contributed by atoms with Gasteiger partial charge in [0.05, 0.1) is 0 Å². The van der Waals surface area contributed by atoms with Crippen LogP contribution in [-0.2, 0) is 4.79 Å². The number of hydrogen-bond acceptors (Lipinski definition) is 7. The van der Waals surface area contributed by atoms with E-state index >= 15 is 0 Å². The van der Waals surface area contributed by atoms with Crippen molar-refractivity contribution in [1.29, 1.82) is 0 Å². The van der Waals surface area contributed by atoms with Crippen LogP contribution < -0.4 is 10.2 Å². The van der Waals surface area contributed by atoms with Crippen molar-refractivity contribution >= 4 is 55.8 Å². The lowest BCUT2D eigenvalue weighted by atomic mass is 10.2. The van der Waals surface area contributed by atoms with Gasteiger partial charge < -0.3 is 15.3 Å². The molecule has 7 nitrogen and oxygen atoms in total. The lowest BCUT2D eigenvalue weighted by molar-refractivity contribution is -0.116. The molecule has 1 amide bonds. The number of aliphatic hydroxyl groups excluding tert-OH is 1. The summed E-state index contributed by atoms with van der Waals surface area (Å²) >= 11 is 7.35. The molecular weight excluding hydrogens is 422 g/mol. The normalized spacial score (nSPS) is 17.8. The number of pyridine rings is 1. The van der Waals surface area contributed by atoms with E-state index in [0.29, 0.717) is 10.2 Å². The number of carbonyl (C=O) groups is 1. The van der Waals surface area contributed by atoms with Gasteiger partial charge in [0, 0.05) is 30.9 Å². The van der Waals surface area contributed by atoms with Crippen molar-refractivity contribution in [1.82, 2.24) is 14.9 Å². The van der Waals surface area contributed by atoms with Gasteiger partial charge in [-0.3, -0.25) is 9.69 Å². The van der Waals surface area contributed by atoms with Gasteiger partial charge in [-0.2, -0.15) is 0 Å². The first-order valence-electron chi connectivity index (χ1n) is 9.98. The molecule has 4 rings (SSSR count). The van der Waals surface area contributed by atoms with E-state index in [-0.39, 0.29) is 18.6 Å². The second kappa shape index (κ2) is 9.26. The summed E-state index contributed by atoms with van der Waals surface area (Å²) in [6.45, 7) is 1.90. The number of aromatic nitrogens is 2. The number of amides is 1. The minimum atomic E-state index is -0.0781. The molecule has 3 heterocycles. The third-order valence-corrected chi connectivity index (χ3v) is 6.28. The van der Waals surface area contributed by atoms with E-state index in [2.05, 4.69) is 15.2 Å². The Morgan fingerprint density at radius 3 is 2.80 bits per heavy atom. The van der Waals surface area contributed by atoms with Crippen LogP contribution in [-0.4, -0.2) is 58.7 Å². The van der Waals surface area contributed by atoms with Crippen LogP contribution in [0.15, 0.2) is 36.4 Å². The monoisotopic (exact) mass is 445 g/mol. The molecule has 2 N–H and O–H groups in total. The Hall–Kier alpha value is -2.26. The van der Waals surface area contributed by atoms with E-state index < -0.39 is 0 Å². The van der Waals surface area contributed by atoms with Crippen LogP contribution in [0.25, 0.3) is 10.3 Å². The standard InChI is InChI=1S/C21H24ClN5O2S/c1-26(15-7-5-14(22)6-8-15)18-10-9-16-20(24-18)30-21(23-16)25-19(29)17-13-27(17)11-3-2-4-12-28/h5-10,17,28H,2-4,11-13H2,1H3,(H,23,25,29). The minimum absolute atomic E-state index is 0.0188. The van der Waals surface area contributed by atoms with Gasteiger partial charge in [0.1, 0.15) is 22.2 Å². The number of hydrogen-bond donors (Lipinski definition) is 2. The molecule has 158 valence electrons. The molecule has 2 atom stereocenters. The lowest BCUT2D eigenvalue weighted by Gasteiger charge is -2.18. The Balaban J connectivity index is 1.38. The summed E-state index contributed by atoms with van der Waals surface area (Å²) in [5, 5.41) is 13.0. The number of thiazole rings is 1. The maximum absolute atomic E-state index is 12.5. The van der Waals surface area contributed by atoms with Gasteiger partial charge in [-0.15, -0.1) is 0 Å². The minimum Gasteiger partial charge on any atom is -0.396 e. The molecule has 1 saturated heterocycles. The van der Waals surface area contributed by atoms with Crippen LogP contribution >= 0.6 is 22.9 Å². The molecule has 0 saturated carbocycles. The molecule has 0 radical (unpaired) electrons. The molecule has 2 unspecified atom stereocenters. The van der Waals surface area contributed by atoms with Crippen LogP contribution in [0.3, 0.4) is 0 Å². The van der Waals surface area contributed by atoms with E-state index in [0.717, 1.165) is 54.2 Å². The van der Waals surface area contributed by atoms with E-state index in [4.69, 9.17) is 21.7 Å². The van der Waals surface area contributed by atoms with Gasteiger partial charge in [-0.25, -0.2) is 9.97 Å². The van der Waals surface area contributed by atoms with Crippen LogP contribution in [0.5, 0.6) is 0 Å². The summed E-state index contributed by atoms with van der Waals surface area (Å²) in [7, 11) is 1.95. The summed E-state index contributed by atoms with van der Waals surface area (Å²) in [6.07, 6.45) is 2.80. The number of anilines is 3. The van der Waals surface area contributed by atoms with Gasteiger partial charge in [-0.05, 0) is 62.2 Å². The number of nitrogens with one attached hydrogen (secondary N) is 1. The second-order valence-electron chi connectivity index (χ2n) is 7.33. The number of aliphatic hydroxyl groups is 1. The zero-order chi connectivity index (χ0) is 21.1. The number of halogens is 1. The Bertz CT molecular complexity index is 1030. The average Bonchev–Trinajstić information content (AvgIpc) is 3.41. The van der Waals surface area contributed by atoms with Crippen molar-refractivity contribution in [3.05, 3.63) is 41.4 Å². The van der Waals surface area contributed by atoms with Crippen LogP contribution in [0.4, 0.5) is 16.6 Å². The summed E-state index contributed by atoms with van der Waals surface area (Å²) in [4.78, 5) is 26.6. The van der Waals surface area contributed by atoms with E-state index in [1.807, 2.05) is 48.3 Å². The summed E-state index contributed by atoms with van der Waals surface area (Å²) in [6, 6.07) is 11.3. The van der Waals surface area contributed by atoms with Crippen LogP contribution in [0, 0.1) is 0 Å². The Morgan fingerprint density at radius 2 is 2.03 bits per heavy atom. The molecule has 30 heavy (non-hydrogen) atoms. The maximum Gasteiger partial charge on any atom is 0.244 e. The highest BCUT2D eigenvalue weighted by molar-refractivity contribution is 7.22. The zero-order valence-corrected chi connectivity index (χ0v) is 18.3. The highest BCUT2D eigenvalue weighted by atomic mass is 35.5. The fraction of sp³-hybridized carbons (Fsp3) is 0.381. The number of rotatable bonds is 9. The second-order valence-corrected chi connectivity index (χ2v) is 8.75. The van der Waals surface area contributed by atoms with Gasteiger partial charge in [0.15, 0.2) is 5.13 Å². The summed E-state index contributed by atoms with van der Waals surface area (Å²) in [5.41, 5.74) is 1.75. The molecule has 0 spiro atoms. The maximum atomic E-state index is 12.5. The number of nitrogens with zero attached hydrogens (tertiary/aromatic N) is 4. The SMILES string of the molecule is CN(c1ccc(Cl)cc1)c1ccc2nc(NC(=O)C3CN3CCCCCO)sc2n1. The molecule has 1 aliphatic heterocycles. The van der Waals surface area contributed by atoms with Crippen molar-refractivity contribution < 1.29 is 9.90 Å². The van der Waals surface area contributed by atoms with Gasteiger partial charge in [0.2, 0.25) is 5.91 Å². The molecule has 1 aromatic carbocycles. The highest BCUT2D eigenvalue weighted by Crippen LogP contribution is 2.30. The number of carbonyl (C=O) groups excluding carboxylic acids is 1. The number of benzene rings is 1. The Morgan fingerprint density at radius 1 is 1.23 bits per heavy atom. The van der Waals surface area contributed by atoms with Gasteiger partial charge in [-0.1, -0.05) is 22.9 Å². The lowest BCUT2D eigenvalue weighted by Crippen LogP contribution is -2.21. The molecule has 2 aromatic heterocycles. The predicted octanol–water partition coefficient (Wildman–Crippen LogP) is 3.90. The van der Waals surface area contributed by atoms with Crippen molar-refractivity contribution in [2.75, 3.05) is 37.0 Å². The molecule has 1 fully saturated rings. The molecule has 1 aliphatic rings. The first-order chi connectivity index (χ1) is 14.5. The first kappa shape index (κ1) is 21.0. The molecule has 0 bridgehead atoms. The van der Waals surface area contributed by atoms with Crippen molar-refractivity contribution in [3.63, 3.8) is 0 Å². The van der Waals surface area contributed by atoms with E-state index in [1.54, 1.807) is 0 Å². The summed E-state index contributed by atoms with van der Waals surface area (Å²) < 4.78 is 0. The van der Waals surface area contributed by atoms with Gasteiger partial charge >= 0.3 is 0 Å². The Kier molecular flexibility index (Phi) is 6.48. The third kappa shape index (κ3) is 4.89. The van der Waals surface area contributed by atoms with Crippen LogP contribution in [0.2, 0.25) is 5.02 Å². The smallest absolute Gasteiger partial charge is 0.244 e. The first-order valence-corrected chi connectivity index (χ1v) is 11.2. The highest BCUT2D eigenvalue weighted by Gasteiger charge is 2.39. The van der Waals surface area contributed by atoms with Crippen molar-refractivity contribution in [3.8, 4) is 0 Å². The Labute approximate surface area is 184 Å². The third-order valence-electron chi connectivity index (χ3n) is 5.15. The zero-order valence-electron chi connectivity index (χ0n) is 16.7.